The molecule has 0 spiro atoms. The number of amides is 1. The third kappa shape index (κ3) is 5.48. The van der Waals surface area contributed by atoms with Crippen LogP contribution in [0.2, 0.25) is 0 Å². The van der Waals surface area contributed by atoms with Crippen LogP contribution in [0.4, 0.5) is 11.4 Å². The average molecular weight is 279 g/mol. The van der Waals surface area contributed by atoms with Crippen LogP contribution in [0.1, 0.15) is 37.6 Å². The molecule has 0 aromatic heterocycles. The average Bonchev–Trinajstić information content (AvgIpc) is 2.39. The van der Waals surface area contributed by atoms with Crippen molar-refractivity contribution in [3.63, 3.8) is 0 Å². The molecule has 0 heterocycles. The summed E-state index contributed by atoms with van der Waals surface area (Å²) in [5.74, 6) is -0.101. The molecule has 5 nitrogen and oxygen atoms in total. The minimum Gasteiger partial charge on any atom is -0.397 e. The van der Waals surface area contributed by atoms with Crippen LogP contribution < -0.4 is 16.4 Å². The van der Waals surface area contributed by atoms with Crippen molar-refractivity contribution >= 4 is 17.3 Å². The van der Waals surface area contributed by atoms with Gasteiger partial charge in [-0.25, -0.2) is 0 Å². The Bertz CT molecular complexity index is 433. The van der Waals surface area contributed by atoms with Gasteiger partial charge in [0.1, 0.15) is 0 Å². The molecule has 0 fully saturated rings. The van der Waals surface area contributed by atoms with E-state index >= 15 is 0 Å². The Labute approximate surface area is 120 Å². The maximum Gasteiger partial charge on any atom is 0.251 e. The number of carbonyl (C=O) groups is 1. The summed E-state index contributed by atoms with van der Waals surface area (Å²) in [5.41, 5.74) is 7.96. The van der Waals surface area contributed by atoms with E-state index in [0.717, 1.165) is 25.3 Å². The van der Waals surface area contributed by atoms with E-state index < -0.39 is 0 Å². The van der Waals surface area contributed by atoms with Crippen LogP contribution in [0.25, 0.3) is 0 Å². The first kappa shape index (κ1) is 16.3. The molecule has 1 aromatic carbocycles. The molecular formula is C15H25N3O2. The van der Waals surface area contributed by atoms with E-state index in [1.54, 1.807) is 12.1 Å². The normalized spacial score (nSPS) is 10.6. The van der Waals surface area contributed by atoms with E-state index in [1.807, 2.05) is 26.8 Å². The lowest BCUT2D eigenvalue weighted by atomic mass is 10.1. The van der Waals surface area contributed by atoms with Crippen LogP contribution in [-0.2, 0) is 4.74 Å². The van der Waals surface area contributed by atoms with E-state index in [9.17, 15) is 4.79 Å². The molecule has 0 unspecified atom stereocenters. The van der Waals surface area contributed by atoms with E-state index in [4.69, 9.17) is 10.5 Å². The van der Waals surface area contributed by atoms with Crippen molar-refractivity contribution in [3.8, 4) is 0 Å². The van der Waals surface area contributed by atoms with Gasteiger partial charge in [0.25, 0.3) is 5.91 Å². The third-order valence-corrected chi connectivity index (χ3v) is 2.74. The van der Waals surface area contributed by atoms with Gasteiger partial charge in [-0.1, -0.05) is 0 Å². The molecule has 20 heavy (non-hydrogen) atoms. The SMILES string of the molecule is CCNC(=O)c1ccc(NCCCOC(C)C)c(N)c1. The molecule has 112 valence electrons. The molecule has 0 aliphatic heterocycles. The molecule has 0 atom stereocenters. The number of rotatable bonds is 8. The number of ether oxygens (including phenoxy) is 1. The number of hydrogen-bond donors (Lipinski definition) is 3. The number of anilines is 2. The van der Waals surface area contributed by atoms with Crippen molar-refractivity contribution in [1.82, 2.24) is 5.32 Å². The van der Waals surface area contributed by atoms with Gasteiger partial charge in [-0.15, -0.1) is 0 Å². The highest BCUT2D eigenvalue weighted by atomic mass is 16.5. The van der Waals surface area contributed by atoms with E-state index in [0.29, 0.717) is 17.8 Å². The lowest BCUT2D eigenvalue weighted by Crippen LogP contribution is -2.22. The summed E-state index contributed by atoms with van der Waals surface area (Å²) < 4.78 is 5.46. The zero-order valence-corrected chi connectivity index (χ0v) is 12.5. The van der Waals surface area contributed by atoms with Crippen molar-refractivity contribution in [1.29, 1.82) is 0 Å². The number of carbonyl (C=O) groups excluding carboxylic acids is 1. The van der Waals surface area contributed by atoms with Crippen molar-refractivity contribution in [3.05, 3.63) is 23.8 Å². The first-order valence-corrected chi connectivity index (χ1v) is 7.07. The van der Waals surface area contributed by atoms with Gasteiger partial charge in [-0.05, 0) is 45.4 Å². The fraction of sp³-hybridized carbons (Fsp3) is 0.533. The van der Waals surface area contributed by atoms with Gasteiger partial charge < -0.3 is 21.1 Å². The molecule has 5 heteroatoms. The van der Waals surface area contributed by atoms with Crippen LogP contribution in [0.5, 0.6) is 0 Å². The summed E-state index contributed by atoms with van der Waals surface area (Å²) in [6.07, 6.45) is 1.17. The zero-order valence-electron chi connectivity index (χ0n) is 12.5. The maximum absolute atomic E-state index is 11.7. The minimum atomic E-state index is -0.101. The number of nitrogens with one attached hydrogen (secondary N) is 2. The summed E-state index contributed by atoms with van der Waals surface area (Å²) in [6, 6.07) is 5.30. The minimum absolute atomic E-state index is 0.101. The summed E-state index contributed by atoms with van der Waals surface area (Å²) in [4.78, 5) is 11.7. The highest BCUT2D eigenvalue weighted by molar-refractivity contribution is 5.96. The van der Waals surface area contributed by atoms with Gasteiger partial charge in [0, 0.05) is 25.3 Å². The number of hydrogen-bond acceptors (Lipinski definition) is 4. The molecule has 1 rings (SSSR count). The fourth-order valence-electron chi connectivity index (χ4n) is 1.74. The predicted octanol–water partition coefficient (Wildman–Crippen LogP) is 2.25. The Morgan fingerprint density at radius 1 is 1.40 bits per heavy atom. The standard InChI is InChI=1S/C15H25N3O2/c1-4-17-15(19)12-6-7-14(13(16)10-12)18-8-5-9-20-11(2)3/h6-7,10-11,18H,4-5,8-9,16H2,1-3H3,(H,17,19). The molecule has 0 radical (unpaired) electrons. The summed E-state index contributed by atoms with van der Waals surface area (Å²) in [7, 11) is 0. The first-order valence-electron chi connectivity index (χ1n) is 7.07. The van der Waals surface area contributed by atoms with Gasteiger partial charge >= 0.3 is 0 Å². The molecule has 0 aliphatic rings. The highest BCUT2D eigenvalue weighted by Crippen LogP contribution is 2.19. The van der Waals surface area contributed by atoms with Crippen LogP contribution in [0.15, 0.2) is 18.2 Å². The van der Waals surface area contributed by atoms with Gasteiger partial charge in [-0.3, -0.25) is 4.79 Å². The van der Waals surface area contributed by atoms with Crippen molar-refractivity contribution < 1.29 is 9.53 Å². The summed E-state index contributed by atoms with van der Waals surface area (Å²) >= 11 is 0. The van der Waals surface area contributed by atoms with Gasteiger partial charge in [0.15, 0.2) is 0 Å². The number of nitrogen functional groups attached to an aromatic ring is 1. The number of benzene rings is 1. The summed E-state index contributed by atoms with van der Waals surface area (Å²) in [5, 5.41) is 6.00. The Balaban J connectivity index is 2.45. The molecular weight excluding hydrogens is 254 g/mol. The predicted molar refractivity (Wildman–Crippen MR) is 83.1 cm³/mol. The second-order valence-corrected chi connectivity index (χ2v) is 4.86. The van der Waals surface area contributed by atoms with Crippen molar-refractivity contribution in [2.75, 3.05) is 30.7 Å². The molecule has 0 saturated heterocycles. The smallest absolute Gasteiger partial charge is 0.251 e. The van der Waals surface area contributed by atoms with Gasteiger partial charge in [0.05, 0.1) is 17.5 Å². The van der Waals surface area contributed by atoms with Crippen LogP contribution in [-0.4, -0.2) is 31.7 Å². The Hall–Kier alpha value is -1.75. The highest BCUT2D eigenvalue weighted by Gasteiger charge is 2.06. The van der Waals surface area contributed by atoms with E-state index in [1.165, 1.54) is 0 Å². The quantitative estimate of drug-likeness (QED) is 0.504. The van der Waals surface area contributed by atoms with Crippen LogP contribution >= 0.6 is 0 Å². The Morgan fingerprint density at radius 3 is 2.75 bits per heavy atom. The molecule has 0 saturated carbocycles. The largest absolute Gasteiger partial charge is 0.397 e. The molecule has 4 N–H and O–H groups in total. The zero-order chi connectivity index (χ0) is 15.0. The molecule has 1 amide bonds. The second kappa shape index (κ2) is 8.43. The van der Waals surface area contributed by atoms with E-state index in [-0.39, 0.29) is 12.0 Å². The van der Waals surface area contributed by atoms with Gasteiger partial charge in [0.2, 0.25) is 0 Å². The molecule has 0 bridgehead atoms. The lowest BCUT2D eigenvalue weighted by Gasteiger charge is -2.12. The van der Waals surface area contributed by atoms with Crippen LogP contribution in [0, 0.1) is 0 Å². The first-order chi connectivity index (χ1) is 9.54. The lowest BCUT2D eigenvalue weighted by molar-refractivity contribution is 0.0787. The van der Waals surface area contributed by atoms with Gasteiger partial charge in [-0.2, -0.15) is 0 Å². The van der Waals surface area contributed by atoms with Crippen molar-refractivity contribution in [2.24, 2.45) is 0 Å². The Kier molecular flexibility index (Phi) is 6.87. The maximum atomic E-state index is 11.7. The second-order valence-electron chi connectivity index (χ2n) is 4.86. The summed E-state index contributed by atoms with van der Waals surface area (Å²) in [6.45, 7) is 8.04. The number of nitrogens with two attached hydrogens (primary N) is 1. The van der Waals surface area contributed by atoms with Crippen LogP contribution in [0.3, 0.4) is 0 Å². The fourth-order valence-corrected chi connectivity index (χ4v) is 1.74. The Morgan fingerprint density at radius 2 is 2.15 bits per heavy atom. The molecule has 0 aliphatic carbocycles. The van der Waals surface area contributed by atoms with Crippen molar-refractivity contribution in [2.45, 2.75) is 33.3 Å². The third-order valence-electron chi connectivity index (χ3n) is 2.74. The molecule has 1 aromatic rings. The topological polar surface area (TPSA) is 76.4 Å². The monoisotopic (exact) mass is 279 g/mol. The van der Waals surface area contributed by atoms with E-state index in [2.05, 4.69) is 10.6 Å².